The monoisotopic (exact) mass is 523 g/mol. The molecule has 1 fully saturated rings. The average Bonchev–Trinajstić information content (AvgIpc) is 2.84. The lowest BCUT2D eigenvalue weighted by atomic mass is 9.78. The number of hydrogen-bond acceptors (Lipinski definition) is 5. The number of hydrogen-bond donors (Lipinski definition) is 2. The maximum Gasteiger partial charge on any atom is 0.236 e. The first-order valence-electron chi connectivity index (χ1n) is 11.6. The zero-order valence-electron chi connectivity index (χ0n) is 20.1. The number of methoxy groups -OCH3 is 1. The minimum atomic E-state index is -1.19. The first-order chi connectivity index (χ1) is 17.4. The van der Waals surface area contributed by atoms with E-state index in [1.807, 2.05) is 49.1 Å². The number of benzene rings is 3. The van der Waals surface area contributed by atoms with Crippen LogP contribution in [0.1, 0.15) is 25.5 Å². The minimum absolute atomic E-state index is 0.220. The van der Waals surface area contributed by atoms with Crippen molar-refractivity contribution in [1.29, 1.82) is 0 Å². The fourth-order valence-electron chi connectivity index (χ4n) is 4.94. The van der Waals surface area contributed by atoms with Crippen molar-refractivity contribution in [3.8, 4) is 17.2 Å². The summed E-state index contributed by atoms with van der Waals surface area (Å²) in [6, 6.07) is 19.7. The molecule has 3 atom stereocenters. The van der Waals surface area contributed by atoms with Gasteiger partial charge in [0.05, 0.1) is 19.8 Å². The van der Waals surface area contributed by atoms with E-state index in [0.29, 0.717) is 45.4 Å². The fraction of sp³-hybridized carbons (Fsp3) is 0.259. The second-order valence-electron chi connectivity index (χ2n) is 8.70. The van der Waals surface area contributed by atoms with Gasteiger partial charge in [-0.1, -0.05) is 29.8 Å². The Morgan fingerprint density at radius 1 is 1.19 bits per heavy atom. The first-order valence-corrected chi connectivity index (χ1v) is 12.4. The molecule has 2 aliphatic heterocycles. The second kappa shape index (κ2) is 9.52. The lowest BCUT2D eigenvalue weighted by molar-refractivity contribution is -0.130. The summed E-state index contributed by atoms with van der Waals surface area (Å²) < 4.78 is 17.8. The zero-order valence-corrected chi connectivity index (χ0v) is 21.7. The van der Waals surface area contributed by atoms with Gasteiger partial charge in [0.2, 0.25) is 5.91 Å². The molecule has 3 aromatic carbocycles. The Labute approximate surface area is 220 Å². The number of anilines is 2. The molecule has 2 heterocycles. The Balaban J connectivity index is 1.62. The Morgan fingerprint density at radius 3 is 2.64 bits per heavy atom. The molecule has 2 N–H and O–H groups in total. The molecule has 7 nitrogen and oxygen atoms in total. The number of para-hydroxylation sites is 1. The quantitative estimate of drug-likeness (QED) is 0.411. The largest absolute Gasteiger partial charge is 0.497 e. The first kappa shape index (κ1) is 24.2. The van der Waals surface area contributed by atoms with Gasteiger partial charge in [-0.2, -0.15) is 0 Å². The minimum Gasteiger partial charge on any atom is -0.497 e. The molecule has 0 saturated carbocycles. The van der Waals surface area contributed by atoms with Crippen LogP contribution < -0.4 is 29.7 Å². The van der Waals surface area contributed by atoms with Crippen molar-refractivity contribution in [2.24, 2.45) is 5.92 Å². The molecule has 1 saturated heterocycles. The van der Waals surface area contributed by atoms with Crippen LogP contribution >= 0.6 is 23.8 Å². The van der Waals surface area contributed by atoms with Crippen LogP contribution in [0.4, 0.5) is 11.4 Å². The summed E-state index contributed by atoms with van der Waals surface area (Å²) in [4.78, 5) is 15.7. The summed E-state index contributed by atoms with van der Waals surface area (Å²) >= 11 is 12.1. The SMILES string of the molecule is CCOc1cccc2c1O[C@@]1(C)[C@@H](C(=O)Nc3ccc(OC)cc3)[C@@H]2NC(=S)N1c1cccc(Cl)c1. The topological polar surface area (TPSA) is 72.1 Å². The van der Waals surface area contributed by atoms with E-state index in [4.69, 9.17) is 38.0 Å². The van der Waals surface area contributed by atoms with E-state index in [-0.39, 0.29) is 5.91 Å². The van der Waals surface area contributed by atoms with Crippen LogP contribution in [-0.4, -0.2) is 30.5 Å². The van der Waals surface area contributed by atoms with E-state index >= 15 is 0 Å². The highest BCUT2D eigenvalue weighted by Crippen LogP contribution is 2.52. The molecule has 1 amide bonds. The third-order valence-electron chi connectivity index (χ3n) is 6.50. The summed E-state index contributed by atoms with van der Waals surface area (Å²) in [6.45, 7) is 4.27. The van der Waals surface area contributed by atoms with E-state index in [1.165, 1.54) is 0 Å². The van der Waals surface area contributed by atoms with Gasteiger partial charge in [-0.15, -0.1) is 0 Å². The molecule has 36 heavy (non-hydrogen) atoms. The molecule has 0 spiro atoms. The third-order valence-corrected chi connectivity index (χ3v) is 7.03. The molecule has 0 unspecified atom stereocenters. The van der Waals surface area contributed by atoms with E-state index < -0.39 is 17.7 Å². The van der Waals surface area contributed by atoms with Gasteiger partial charge in [0.15, 0.2) is 22.3 Å². The number of rotatable bonds is 6. The van der Waals surface area contributed by atoms with Gasteiger partial charge >= 0.3 is 0 Å². The van der Waals surface area contributed by atoms with E-state index in [9.17, 15) is 4.79 Å². The number of halogens is 1. The van der Waals surface area contributed by atoms with Crippen LogP contribution in [0, 0.1) is 5.92 Å². The van der Waals surface area contributed by atoms with Crippen molar-refractivity contribution >= 4 is 46.2 Å². The van der Waals surface area contributed by atoms with Crippen molar-refractivity contribution in [2.45, 2.75) is 25.6 Å². The number of thiocarbonyl (C=S) groups is 1. The molecule has 5 rings (SSSR count). The number of nitrogens with one attached hydrogen (secondary N) is 2. The summed E-state index contributed by atoms with van der Waals surface area (Å²) in [6.07, 6.45) is 0. The zero-order chi connectivity index (χ0) is 25.4. The number of ether oxygens (including phenoxy) is 3. The van der Waals surface area contributed by atoms with Crippen LogP contribution in [-0.2, 0) is 4.79 Å². The predicted octanol–water partition coefficient (Wildman–Crippen LogP) is 5.55. The van der Waals surface area contributed by atoms with Gasteiger partial charge in [-0.25, -0.2) is 0 Å². The van der Waals surface area contributed by atoms with Gasteiger partial charge in [0.1, 0.15) is 11.7 Å². The molecule has 0 radical (unpaired) electrons. The molecule has 2 bridgehead atoms. The van der Waals surface area contributed by atoms with Crippen molar-refractivity contribution in [2.75, 3.05) is 23.9 Å². The van der Waals surface area contributed by atoms with Crippen LogP contribution in [0.15, 0.2) is 66.7 Å². The Bertz CT molecular complexity index is 1320. The molecular weight excluding hydrogens is 498 g/mol. The number of fused-ring (bicyclic) bond motifs is 4. The van der Waals surface area contributed by atoms with Gasteiger partial charge in [0, 0.05) is 22.0 Å². The van der Waals surface area contributed by atoms with E-state index in [2.05, 4.69) is 10.6 Å². The molecule has 0 aliphatic carbocycles. The van der Waals surface area contributed by atoms with Crippen LogP contribution in [0.2, 0.25) is 5.02 Å². The Kier molecular flexibility index (Phi) is 6.40. The van der Waals surface area contributed by atoms with Crippen molar-refractivity contribution in [3.05, 3.63) is 77.3 Å². The van der Waals surface area contributed by atoms with Gasteiger partial charge in [-0.3, -0.25) is 9.69 Å². The van der Waals surface area contributed by atoms with Crippen LogP contribution in [0.5, 0.6) is 17.2 Å². The third kappa shape index (κ3) is 4.10. The Hall–Kier alpha value is -3.49. The molecule has 186 valence electrons. The van der Waals surface area contributed by atoms with Crippen molar-refractivity contribution in [3.63, 3.8) is 0 Å². The van der Waals surface area contributed by atoms with Gasteiger partial charge in [0.25, 0.3) is 0 Å². The highest BCUT2D eigenvalue weighted by atomic mass is 35.5. The van der Waals surface area contributed by atoms with E-state index in [0.717, 1.165) is 5.56 Å². The van der Waals surface area contributed by atoms with Crippen LogP contribution in [0.25, 0.3) is 0 Å². The van der Waals surface area contributed by atoms with E-state index in [1.54, 1.807) is 43.5 Å². The van der Waals surface area contributed by atoms with Gasteiger partial charge < -0.3 is 24.8 Å². The number of carbonyl (C=O) groups excluding carboxylic acids is 1. The Morgan fingerprint density at radius 2 is 1.94 bits per heavy atom. The van der Waals surface area contributed by atoms with Crippen LogP contribution in [0.3, 0.4) is 0 Å². The number of carbonyl (C=O) groups is 1. The predicted molar refractivity (Wildman–Crippen MR) is 144 cm³/mol. The lowest BCUT2D eigenvalue weighted by Crippen LogP contribution is -2.72. The standard InChI is InChI=1S/C27H26ClN3O4S/c1-4-34-21-10-6-9-20-23-22(25(32)29-17-11-13-19(33-3)14-12-17)27(2,35-24(20)21)31(26(36)30-23)18-8-5-7-16(28)15-18/h5-15,22-23H,4H2,1-3H3,(H,29,32)(H,30,36)/t22-,23-,27+/m1/s1. The summed E-state index contributed by atoms with van der Waals surface area (Å²) in [5.41, 5.74) is 0.976. The lowest BCUT2D eigenvalue weighted by Gasteiger charge is -2.56. The average molecular weight is 524 g/mol. The van der Waals surface area contributed by atoms with Gasteiger partial charge in [-0.05, 0) is 74.6 Å². The summed E-state index contributed by atoms with van der Waals surface area (Å²) in [7, 11) is 1.60. The number of nitrogens with zero attached hydrogens (tertiary/aromatic N) is 1. The maximum atomic E-state index is 13.9. The molecule has 9 heteroatoms. The normalized spacial score (nSPS) is 22.1. The summed E-state index contributed by atoms with van der Waals surface area (Å²) in [5, 5.41) is 7.43. The molecular formula is C27H26ClN3O4S. The highest BCUT2D eigenvalue weighted by Gasteiger charge is 2.59. The molecule has 3 aromatic rings. The smallest absolute Gasteiger partial charge is 0.236 e. The van der Waals surface area contributed by atoms with Crippen molar-refractivity contribution < 1.29 is 19.0 Å². The molecule has 2 aliphatic rings. The second-order valence-corrected chi connectivity index (χ2v) is 9.53. The summed E-state index contributed by atoms with van der Waals surface area (Å²) in [5.74, 6) is 0.995. The highest BCUT2D eigenvalue weighted by molar-refractivity contribution is 7.80. The number of amides is 1. The molecule has 0 aromatic heterocycles. The van der Waals surface area contributed by atoms with Crippen molar-refractivity contribution in [1.82, 2.24) is 5.32 Å². The fourth-order valence-corrected chi connectivity index (χ4v) is 5.54. The maximum absolute atomic E-state index is 13.9.